The summed E-state index contributed by atoms with van der Waals surface area (Å²) in [4.78, 5) is 0. The van der Waals surface area contributed by atoms with E-state index in [0.29, 0.717) is 47.1 Å². The fourth-order valence-corrected chi connectivity index (χ4v) is 0. The average Bonchev–Trinajstić information content (AvgIpc) is 1.50. The maximum absolute atomic E-state index is 8.38. The van der Waals surface area contributed by atoms with Gasteiger partial charge in [-0.2, -0.15) is 0 Å². The molecule has 0 fully saturated rings. The Morgan fingerprint density at radius 1 is 1.50 bits per heavy atom. The molecule has 1 nitrogen and oxygen atoms in total. The molecule has 0 atom stereocenters. The molecule has 0 aliphatic rings. The molecule has 16 valence electrons. The predicted molar refractivity (Wildman–Crippen MR) is 12.3 cm³/mol. The van der Waals surface area contributed by atoms with E-state index < -0.39 is 0 Å². The second-order valence-corrected chi connectivity index (χ2v) is 0. The van der Waals surface area contributed by atoms with Gasteiger partial charge in [0.1, 0.15) is 0 Å². The van der Waals surface area contributed by atoms with E-state index >= 15 is 0 Å². The maximum atomic E-state index is 8.38. The minimum atomic E-state index is 0.125. The van der Waals surface area contributed by atoms with E-state index in [0.717, 1.165) is 0 Å². The van der Waals surface area contributed by atoms with Gasteiger partial charge in [0.15, 0.2) is 0 Å². The van der Waals surface area contributed by atoms with E-state index in [2.05, 4.69) is 0 Å². The average molecular weight is 156 g/mol. The zero-order valence-corrected chi connectivity index (χ0v) is 9.34. The van der Waals surface area contributed by atoms with Crippen molar-refractivity contribution in [1.82, 2.24) is 0 Å². The summed E-state index contributed by atoms with van der Waals surface area (Å²) in [5.41, 5.74) is 0. The molecule has 0 amide bonds. The van der Waals surface area contributed by atoms with Gasteiger partial charge in [0, 0.05) is 0 Å². The van der Waals surface area contributed by atoms with E-state index in [4.69, 9.17) is 7.34 Å². The van der Waals surface area contributed by atoms with Crippen molar-refractivity contribution in [3.63, 3.8) is 0 Å². The molecular weight excluding hydrogens is 156 g/mol. The van der Waals surface area contributed by atoms with Crippen molar-refractivity contribution in [2.24, 2.45) is 0 Å². The molecule has 0 saturated carbocycles. The van der Waals surface area contributed by atoms with E-state index in [1.807, 2.05) is 0 Å². The molecule has 0 aliphatic heterocycles. The van der Waals surface area contributed by atoms with Crippen LogP contribution in [0.2, 0.25) is 0 Å². The molecule has 0 aromatic carbocycles. The van der Waals surface area contributed by atoms with Crippen molar-refractivity contribution in [2.45, 2.75) is 0 Å². The molecule has 0 radical (unpaired) electrons. The third-order valence-electron chi connectivity index (χ3n) is 0. The van der Waals surface area contributed by atoms with Crippen molar-refractivity contribution in [3.8, 4) is 0 Å². The van der Waals surface area contributed by atoms with Crippen LogP contribution >= 0.6 is 3.76 Å². The summed E-state index contributed by atoms with van der Waals surface area (Å²) in [5.74, 6) is 0. The monoisotopic (exact) mass is 154 g/mol. The van der Waals surface area contributed by atoms with Gasteiger partial charge in [-0.3, -0.25) is 0 Å². The Bertz CT molecular complexity index is 8.00. The molecule has 0 N–H and O–H groups in total. The topological polar surface area (TPSA) is 17.1 Å². The summed E-state index contributed by atoms with van der Waals surface area (Å²) >= 11 is 0.660. The van der Waals surface area contributed by atoms with Gasteiger partial charge in [0.2, 0.25) is 0 Å². The molecule has 0 bridgehead atoms. The number of hydrogen-bond donors (Lipinski definition) is 0. The fourth-order valence-electron chi connectivity index (χ4n) is 0. The third-order valence-corrected chi connectivity index (χ3v) is 0. The van der Waals surface area contributed by atoms with Crippen LogP contribution in [0.1, 0.15) is 0 Å². The first-order chi connectivity index (χ1) is 2.00. The normalized spacial score (nSPS) is 3.25. The van der Waals surface area contributed by atoms with Crippen molar-refractivity contribution in [1.29, 1.82) is 0 Å². The van der Waals surface area contributed by atoms with Gasteiger partial charge in [0.25, 0.3) is 0 Å². The van der Waals surface area contributed by atoms with Crippen LogP contribution in [0.25, 0.3) is 0 Å². The quantitative estimate of drug-likeness (QED) is 0.457. The first-order valence-corrected chi connectivity index (χ1v) is 6.18. The van der Waals surface area contributed by atoms with Crippen molar-refractivity contribution in [3.05, 3.63) is 0 Å². The van der Waals surface area contributed by atoms with Gasteiger partial charge < -0.3 is 0 Å². The summed E-state index contributed by atoms with van der Waals surface area (Å²) in [6, 6.07) is 0. The minimum absolute atomic E-state index is 0.125. The van der Waals surface area contributed by atoms with Crippen LogP contribution in [-0.4, -0.2) is 47.1 Å². The van der Waals surface area contributed by atoms with Crippen molar-refractivity contribution in [2.75, 3.05) is 0 Å². The van der Waals surface area contributed by atoms with Crippen LogP contribution < -0.4 is 0 Å². The van der Waals surface area contributed by atoms with Crippen LogP contribution in [-0.2, 0) is 21.8 Å². The van der Waals surface area contributed by atoms with E-state index in [1.165, 1.54) is 0 Å². The Hall–Kier alpha value is 2.35. The van der Waals surface area contributed by atoms with E-state index in [1.54, 1.807) is 0 Å². The second kappa shape index (κ2) is 18.3. The molecular formula is ClKOZn. The van der Waals surface area contributed by atoms with Gasteiger partial charge in [-0.1, -0.05) is 0 Å². The Morgan fingerprint density at radius 2 is 1.50 bits per heavy atom. The standard InChI is InChI=1S/ClH.K.O.Zn/h1H;;;/q;+1;;/p-1. The molecule has 0 aromatic rings. The zero-order chi connectivity index (χ0) is 4.00. The van der Waals surface area contributed by atoms with Gasteiger partial charge in [-0.05, 0) is 0 Å². The van der Waals surface area contributed by atoms with E-state index in [9.17, 15) is 0 Å². The summed E-state index contributed by atoms with van der Waals surface area (Å²) in [6.07, 6.45) is 0. The van der Waals surface area contributed by atoms with E-state index in [-0.39, 0.29) is 18.3 Å². The molecule has 0 rings (SSSR count). The molecule has 0 aromatic heterocycles. The molecule has 0 saturated heterocycles. The van der Waals surface area contributed by atoms with Gasteiger partial charge in [-0.15, -0.1) is 0 Å². The number of rotatable bonds is 0. The molecule has 4 heteroatoms. The Labute approximate surface area is 70.8 Å². The fraction of sp³-hybridized carbons (Fsp3) is 0. The zero-order valence-electron chi connectivity index (χ0n) is 2.49. The first kappa shape index (κ1) is 9.60. The summed E-state index contributed by atoms with van der Waals surface area (Å²) in [7, 11) is 0. The van der Waals surface area contributed by atoms with Gasteiger partial charge in [-0.25, -0.2) is 0 Å². The Kier molecular flexibility index (Phi) is 44.0. The van der Waals surface area contributed by atoms with Gasteiger partial charge >= 0.3 is 72.7 Å². The van der Waals surface area contributed by atoms with Crippen LogP contribution in [0.3, 0.4) is 0 Å². The molecule has 0 unspecified atom stereocenters. The molecule has 0 spiro atoms. The Morgan fingerprint density at radius 3 is 1.50 bits per heavy atom. The Balaban J connectivity index is 0. The van der Waals surface area contributed by atoms with Gasteiger partial charge in [0.05, 0.1) is 0 Å². The summed E-state index contributed by atoms with van der Waals surface area (Å²) < 4.78 is 13.2. The predicted octanol–water partition coefficient (Wildman–Crippen LogP) is 0.187. The first-order valence-electron chi connectivity index (χ1n) is 0.667. The molecule has 0 aliphatic carbocycles. The SMILES string of the molecule is [Cl][K].[O]=[Zn]. The summed E-state index contributed by atoms with van der Waals surface area (Å²) in [5, 5.41) is 0. The summed E-state index contributed by atoms with van der Waals surface area (Å²) in [6.45, 7) is 0. The van der Waals surface area contributed by atoms with Crippen LogP contribution in [0.15, 0.2) is 0 Å². The van der Waals surface area contributed by atoms with Crippen LogP contribution in [0.4, 0.5) is 0 Å². The van der Waals surface area contributed by atoms with Crippen LogP contribution in [0.5, 0.6) is 0 Å². The molecule has 4 heavy (non-hydrogen) atoms. The van der Waals surface area contributed by atoms with Crippen molar-refractivity contribution >= 4 is 50.9 Å². The third kappa shape index (κ3) is 8.84. The van der Waals surface area contributed by atoms with Crippen LogP contribution in [0, 0.1) is 0 Å². The van der Waals surface area contributed by atoms with Crippen molar-refractivity contribution < 1.29 is 21.8 Å². The number of hydrogen-bond acceptors (Lipinski definition) is 1. The number of halogens is 1. The second-order valence-electron chi connectivity index (χ2n) is 0. The molecule has 0 heterocycles.